The maximum atomic E-state index is 13.9. The lowest BCUT2D eigenvalue weighted by Crippen LogP contribution is -2.39. The van der Waals surface area contributed by atoms with Gasteiger partial charge in [0.1, 0.15) is 11.6 Å². The Morgan fingerprint density at radius 3 is 2.81 bits per heavy atom. The van der Waals surface area contributed by atoms with Gasteiger partial charge in [0.05, 0.1) is 6.04 Å². The van der Waals surface area contributed by atoms with E-state index >= 15 is 0 Å². The first-order valence-electron chi connectivity index (χ1n) is 9.75. The van der Waals surface area contributed by atoms with Gasteiger partial charge in [0.25, 0.3) is 0 Å². The Morgan fingerprint density at radius 2 is 2.11 bits per heavy atom. The molecule has 0 amide bonds. The van der Waals surface area contributed by atoms with E-state index in [0.29, 0.717) is 37.1 Å². The molecule has 1 aromatic rings. The second kappa shape index (κ2) is 11.9. The molecule has 1 aliphatic heterocycles. The number of nitrogens with zero attached hydrogens (tertiary/aromatic N) is 1. The van der Waals surface area contributed by atoms with Crippen LogP contribution in [0.3, 0.4) is 0 Å². The second-order valence-corrected chi connectivity index (χ2v) is 6.78. The highest BCUT2D eigenvalue weighted by atomic mass is 19.1. The Labute approximate surface area is 160 Å². The molecule has 5 nitrogen and oxygen atoms in total. The van der Waals surface area contributed by atoms with Crippen molar-refractivity contribution in [1.82, 2.24) is 10.6 Å². The Hall–Kier alpha value is -1.73. The molecule has 2 rings (SSSR count). The molecule has 1 aliphatic rings. The zero-order chi connectivity index (χ0) is 19.5. The van der Waals surface area contributed by atoms with E-state index in [2.05, 4.69) is 15.6 Å². The fourth-order valence-electron chi connectivity index (χ4n) is 2.98. The topological polar surface area (TPSA) is 54.9 Å². The number of guanidine groups is 1. The van der Waals surface area contributed by atoms with Crippen LogP contribution < -0.4 is 10.6 Å². The molecular weight excluding hydrogens is 352 g/mol. The van der Waals surface area contributed by atoms with Crippen LogP contribution in [0, 0.1) is 17.6 Å². The van der Waals surface area contributed by atoms with Gasteiger partial charge in [-0.1, -0.05) is 6.07 Å². The summed E-state index contributed by atoms with van der Waals surface area (Å²) in [7, 11) is 0. The molecule has 0 radical (unpaired) electrons. The van der Waals surface area contributed by atoms with Gasteiger partial charge in [0, 0.05) is 51.1 Å². The van der Waals surface area contributed by atoms with E-state index in [1.807, 2.05) is 13.8 Å². The third kappa shape index (κ3) is 7.81. The standard InChI is InChI=1S/C20H31F2N3O2/c1-3-23-20(25-15(2)18-6-5-17(21)13-19(18)22)24-9-4-10-27-14-16-7-11-26-12-8-16/h5-6,13,15-16H,3-4,7-12,14H2,1-2H3,(H2,23,24,25). The predicted octanol–water partition coefficient (Wildman–Crippen LogP) is 3.41. The normalized spacial score (nSPS) is 17.0. The average Bonchev–Trinajstić information content (AvgIpc) is 2.65. The number of hydrogen-bond acceptors (Lipinski definition) is 3. The minimum Gasteiger partial charge on any atom is -0.381 e. The highest BCUT2D eigenvalue weighted by Crippen LogP contribution is 2.17. The van der Waals surface area contributed by atoms with Gasteiger partial charge in [-0.15, -0.1) is 0 Å². The fourth-order valence-corrected chi connectivity index (χ4v) is 2.98. The van der Waals surface area contributed by atoms with Crippen LogP contribution in [0.1, 0.15) is 44.7 Å². The summed E-state index contributed by atoms with van der Waals surface area (Å²) in [5.74, 6) is 0.0722. The van der Waals surface area contributed by atoms with Gasteiger partial charge in [-0.3, -0.25) is 4.99 Å². The van der Waals surface area contributed by atoms with Crippen molar-refractivity contribution in [3.05, 3.63) is 35.4 Å². The molecule has 0 spiro atoms. The molecule has 0 saturated carbocycles. The van der Waals surface area contributed by atoms with Crippen molar-refractivity contribution in [3.63, 3.8) is 0 Å². The minimum atomic E-state index is -0.579. The van der Waals surface area contributed by atoms with E-state index in [1.54, 1.807) is 0 Å². The number of nitrogens with one attached hydrogen (secondary N) is 2. The number of aliphatic imine (C=N–C) groups is 1. The molecule has 0 aromatic heterocycles. The summed E-state index contributed by atoms with van der Waals surface area (Å²) in [6.07, 6.45) is 2.97. The van der Waals surface area contributed by atoms with Crippen LogP contribution in [0.25, 0.3) is 0 Å². The van der Waals surface area contributed by atoms with Crippen molar-refractivity contribution in [2.24, 2.45) is 10.9 Å². The van der Waals surface area contributed by atoms with Gasteiger partial charge < -0.3 is 20.1 Å². The maximum Gasteiger partial charge on any atom is 0.191 e. The van der Waals surface area contributed by atoms with Crippen LogP contribution >= 0.6 is 0 Å². The lowest BCUT2D eigenvalue weighted by atomic mass is 10.0. The molecule has 1 fully saturated rings. The SMILES string of the molecule is CCNC(=NCCCOCC1CCOCC1)NC(C)c1ccc(F)cc1F. The monoisotopic (exact) mass is 383 g/mol. The molecule has 27 heavy (non-hydrogen) atoms. The lowest BCUT2D eigenvalue weighted by Gasteiger charge is -2.21. The van der Waals surface area contributed by atoms with Crippen molar-refractivity contribution < 1.29 is 18.3 Å². The molecular formula is C20H31F2N3O2. The molecule has 7 heteroatoms. The number of benzene rings is 1. The van der Waals surface area contributed by atoms with Gasteiger partial charge in [-0.25, -0.2) is 8.78 Å². The van der Waals surface area contributed by atoms with Crippen molar-refractivity contribution in [1.29, 1.82) is 0 Å². The number of ether oxygens (including phenoxy) is 2. The van der Waals surface area contributed by atoms with Gasteiger partial charge in [0.2, 0.25) is 0 Å². The third-order valence-electron chi connectivity index (χ3n) is 4.54. The second-order valence-electron chi connectivity index (χ2n) is 6.78. The molecule has 1 saturated heterocycles. The molecule has 1 aromatic carbocycles. The Balaban J connectivity index is 1.74. The van der Waals surface area contributed by atoms with E-state index in [9.17, 15) is 8.78 Å². The summed E-state index contributed by atoms with van der Waals surface area (Å²) in [6, 6.07) is 3.29. The third-order valence-corrected chi connectivity index (χ3v) is 4.54. The number of halogens is 2. The summed E-state index contributed by atoms with van der Waals surface area (Å²) in [5.41, 5.74) is 0.404. The number of hydrogen-bond donors (Lipinski definition) is 2. The molecule has 1 atom stereocenters. The Kier molecular flexibility index (Phi) is 9.48. The molecule has 0 aliphatic carbocycles. The lowest BCUT2D eigenvalue weighted by molar-refractivity contribution is 0.0205. The fraction of sp³-hybridized carbons (Fsp3) is 0.650. The summed E-state index contributed by atoms with van der Waals surface area (Å²) in [5, 5.41) is 6.30. The van der Waals surface area contributed by atoms with E-state index in [4.69, 9.17) is 9.47 Å². The first-order valence-corrected chi connectivity index (χ1v) is 9.75. The van der Waals surface area contributed by atoms with Crippen molar-refractivity contribution in [3.8, 4) is 0 Å². The van der Waals surface area contributed by atoms with Crippen molar-refractivity contribution >= 4 is 5.96 Å². The summed E-state index contributed by atoms with van der Waals surface area (Å²) < 4.78 is 38.1. The quantitative estimate of drug-likeness (QED) is 0.390. The van der Waals surface area contributed by atoms with E-state index < -0.39 is 11.6 Å². The number of rotatable bonds is 9. The Morgan fingerprint density at radius 1 is 1.33 bits per heavy atom. The molecule has 0 bridgehead atoms. The van der Waals surface area contributed by atoms with Crippen molar-refractivity contribution in [2.45, 2.75) is 39.2 Å². The molecule has 1 unspecified atom stereocenters. The summed E-state index contributed by atoms with van der Waals surface area (Å²) in [6.45, 7) is 8.23. The van der Waals surface area contributed by atoms with Gasteiger partial charge in [-0.05, 0) is 45.1 Å². The summed E-state index contributed by atoms with van der Waals surface area (Å²) >= 11 is 0. The minimum absolute atomic E-state index is 0.326. The average molecular weight is 383 g/mol. The zero-order valence-electron chi connectivity index (χ0n) is 16.3. The zero-order valence-corrected chi connectivity index (χ0v) is 16.3. The smallest absolute Gasteiger partial charge is 0.191 e. The first kappa shape index (κ1) is 21.6. The van der Waals surface area contributed by atoms with Gasteiger partial charge in [0.15, 0.2) is 5.96 Å². The highest BCUT2D eigenvalue weighted by molar-refractivity contribution is 5.80. The molecule has 152 valence electrons. The van der Waals surface area contributed by atoms with Crippen molar-refractivity contribution in [2.75, 3.05) is 39.5 Å². The van der Waals surface area contributed by atoms with E-state index in [0.717, 1.165) is 45.1 Å². The predicted molar refractivity (Wildman–Crippen MR) is 103 cm³/mol. The van der Waals surface area contributed by atoms with Crippen LogP contribution in [0.2, 0.25) is 0 Å². The molecule has 1 heterocycles. The van der Waals surface area contributed by atoms with Crippen LogP contribution in [0.4, 0.5) is 8.78 Å². The highest BCUT2D eigenvalue weighted by Gasteiger charge is 2.14. The maximum absolute atomic E-state index is 13.9. The first-order chi connectivity index (χ1) is 13.1. The Bertz CT molecular complexity index is 593. The van der Waals surface area contributed by atoms with E-state index in [-0.39, 0.29) is 6.04 Å². The van der Waals surface area contributed by atoms with Gasteiger partial charge in [-0.2, -0.15) is 0 Å². The van der Waals surface area contributed by atoms with Crippen LogP contribution in [-0.4, -0.2) is 45.5 Å². The van der Waals surface area contributed by atoms with E-state index in [1.165, 1.54) is 12.1 Å². The van der Waals surface area contributed by atoms with Crippen LogP contribution in [0.15, 0.2) is 23.2 Å². The summed E-state index contributed by atoms with van der Waals surface area (Å²) in [4.78, 5) is 4.51. The van der Waals surface area contributed by atoms with Gasteiger partial charge >= 0.3 is 0 Å². The van der Waals surface area contributed by atoms with Crippen LogP contribution in [0.5, 0.6) is 0 Å². The molecule has 2 N–H and O–H groups in total. The van der Waals surface area contributed by atoms with Crippen LogP contribution in [-0.2, 0) is 9.47 Å². The largest absolute Gasteiger partial charge is 0.381 e.